The van der Waals surface area contributed by atoms with Crippen LogP contribution < -0.4 is 15.9 Å². The minimum Gasteiger partial charge on any atom is -0.204 e. The van der Waals surface area contributed by atoms with E-state index in [2.05, 4.69) is 0 Å². The van der Waals surface area contributed by atoms with Crippen molar-refractivity contribution in [3.63, 3.8) is 0 Å². The predicted octanol–water partition coefficient (Wildman–Crippen LogP) is 4.03. The molecule has 0 fully saturated rings. The van der Waals surface area contributed by atoms with E-state index in [0.717, 1.165) is 21.5 Å². The molecule has 3 rings (SSSR count). The third kappa shape index (κ3) is 2.93. The van der Waals surface area contributed by atoms with Crippen molar-refractivity contribution in [3.05, 3.63) is 90.0 Å². The van der Waals surface area contributed by atoms with Gasteiger partial charge in [-0.3, -0.25) is 0 Å². The van der Waals surface area contributed by atoms with E-state index in [1.165, 1.54) is 12.1 Å². The van der Waals surface area contributed by atoms with Crippen LogP contribution in [0.4, 0.5) is 8.78 Å². The fourth-order valence-corrected chi connectivity index (χ4v) is 4.91. The molecule has 0 N–H and O–H groups in total. The lowest BCUT2D eigenvalue weighted by Crippen LogP contribution is -2.23. The van der Waals surface area contributed by atoms with Crippen LogP contribution >= 0.6 is 7.92 Å². The lowest BCUT2D eigenvalue weighted by Gasteiger charge is -2.21. The van der Waals surface area contributed by atoms with Crippen molar-refractivity contribution in [2.75, 3.05) is 0 Å². The molecule has 0 saturated carbocycles. The molecule has 0 radical (unpaired) electrons. The van der Waals surface area contributed by atoms with Gasteiger partial charge >= 0.3 is 0 Å². The molecule has 0 aromatic heterocycles. The Hall–Kier alpha value is -2.05. The zero-order valence-electron chi connectivity index (χ0n) is 12.1. The third-order valence-corrected chi connectivity index (χ3v) is 6.10. The molecule has 0 amide bonds. The summed E-state index contributed by atoms with van der Waals surface area (Å²) >= 11 is 0. The van der Waals surface area contributed by atoms with Gasteiger partial charge in [-0.2, -0.15) is 0 Å². The summed E-state index contributed by atoms with van der Waals surface area (Å²) in [5, 5.41) is 3.10. The smallest absolute Gasteiger partial charge is 0.159 e. The molecule has 0 nitrogen and oxygen atoms in total. The highest BCUT2D eigenvalue weighted by Gasteiger charge is 2.20. The molecular weight excluding hydrogens is 297 g/mol. The number of hydrogen-bond acceptors (Lipinski definition) is 0. The topological polar surface area (TPSA) is 0 Å². The van der Waals surface area contributed by atoms with Crippen molar-refractivity contribution in [3.8, 4) is 0 Å². The standard InChI is InChI=1S/C19H15F2P/c1-14-12-17(20)18(21)13-19(14)22(15-8-4-2-5-9-15)16-10-6-3-7-11-16/h2-13H,1H3. The van der Waals surface area contributed by atoms with Gasteiger partial charge in [0.25, 0.3) is 0 Å². The number of hydrogen-bond donors (Lipinski definition) is 0. The number of aryl methyl sites for hydroxylation is 1. The number of benzene rings is 3. The van der Waals surface area contributed by atoms with Gasteiger partial charge < -0.3 is 0 Å². The minimum absolute atomic E-state index is 0.776. The van der Waals surface area contributed by atoms with Crippen LogP contribution in [-0.2, 0) is 0 Å². The summed E-state index contributed by atoms with van der Waals surface area (Å²) in [6, 6.07) is 22.6. The largest absolute Gasteiger partial charge is 0.204 e. The summed E-state index contributed by atoms with van der Waals surface area (Å²) < 4.78 is 27.2. The molecule has 0 aliphatic heterocycles. The first-order chi connectivity index (χ1) is 10.7. The first-order valence-corrected chi connectivity index (χ1v) is 8.37. The van der Waals surface area contributed by atoms with E-state index in [0.29, 0.717) is 0 Å². The van der Waals surface area contributed by atoms with Gasteiger partial charge in [0.05, 0.1) is 0 Å². The second kappa shape index (κ2) is 6.37. The van der Waals surface area contributed by atoms with E-state index >= 15 is 0 Å². The second-order valence-electron chi connectivity index (χ2n) is 5.06. The predicted molar refractivity (Wildman–Crippen MR) is 89.8 cm³/mol. The lowest BCUT2D eigenvalue weighted by molar-refractivity contribution is 0.509. The Morgan fingerprint density at radius 2 is 1.14 bits per heavy atom. The van der Waals surface area contributed by atoms with E-state index in [9.17, 15) is 8.78 Å². The summed E-state index contributed by atoms with van der Waals surface area (Å²) in [4.78, 5) is 0. The Morgan fingerprint density at radius 1 is 0.682 bits per heavy atom. The van der Waals surface area contributed by atoms with E-state index in [-0.39, 0.29) is 0 Å². The first kappa shape index (κ1) is 14.9. The van der Waals surface area contributed by atoms with Gasteiger partial charge in [-0.25, -0.2) is 8.78 Å². The molecular formula is C19H15F2P. The van der Waals surface area contributed by atoms with Crippen LogP contribution in [0.3, 0.4) is 0 Å². The van der Waals surface area contributed by atoms with Gasteiger partial charge in [-0.05, 0) is 48.5 Å². The summed E-state index contributed by atoms with van der Waals surface area (Å²) in [5.74, 6) is -1.59. The second-order valence-corrected chi connectivity index (χ2v) is 7.24. The third-order valence-electron chi connectivity index (χ3n) is 3.51. The highest BCUT2D eigenvalue weighted by Crippen LogP contribution is 2.34. The zero-order valence-corrected chi connectivity index (χ0v) is 13.0. The molecule has 0 unspecified atom stereocenters. The molecule has 3 aromatic carbocycles. The summed E-state index contributed by atoms with van der Waals surface area (Å²) in [7, 11) is -0.902. The zero-order chi connectivity index (χ0) is 15.5. The average molecular weight is 312 g/mol. The van der Waals surface area contributed by atoms with Gasteiger partial charge in [-0.15, -0.1) is 0 Å². The van der Waals surface area contributed by atoms with Gasteiger partial charge in [-0.1, -0.05) is 60.7 Å². The molecule has 22 heavy (non-hydrogen) atoms. The maximum Gasteiger partial charge on any atom is 0.159 e. The fraction of sp³-hybridized carbons (Fsp3) is 0.0526. The van der Waals surface area contributed by atoms with Crippen molar-refractivity contribution < 1.29 is 8.78 Å². The average Bonchev–Trinajstić information content (AvgIpc) is 2.55. The van der Waals surface area contributed by atoms with Gasteiger partial charge in [0.2, 0.25) is 0 Å². The van der Waals surface area contributed by atoms with Crippen LogP contribution in [0.1, 0.15) is 5.56 Å². The van der Waals surface area contributed by atoms with Crippen LogP contribution in [0.5, 0.6) is 0 Å². The highest BCUT2D eigenvalue weighted by molar-refractivity contribution is 7.79. The summed E-state index contributed by atoms with van der Waals surface area (Å²) in [6.45, 7) is 1.83. The maximum atomic E-state index is 13.8. The Bertz CT molecular complexity index is 731. The lowest BCUT2D eigenvalue weighted by atomic mass is 10.2. The molecule has 0 aliphatic rings. The Balaban J connectivity index is 2.21. The Morgan fingerprint density at radius 3 is 1.64 bits per heavy atom. The molecule has 0 spiro atoms. The van der Waals surface area contributed by atoms with Crippen molar-refractivity contribution in [2.24, 2.45) is 0 Å². The summed E-state index contributed by atoms with van der Waals surface area (Å²) in [5.41, 5.74) is 0.776. The van der Waals surface area contributed by atoms with Crippen molar-refractivity contribution in [1.82, 2.24) is 0 Å². The molecule has 0 aliphatic carbocycles. The number of halogens is 2. The van der Waals surface area contributed by atoms with Crippen LogP contribution in [0.25, 0.3) is 0 Å². The molecule has 0 atom stereocenters. The van der Waals surface area contributed by atoms with Crippen LogP contribution in [-0.4, -0.2) is 0 Å². The van der Waals surface area contributed by atoms with E-state index in [1.54, 1.807) is 0 Å². The Kier molecular flexibility index (Phi) is 4.31. The molecule has 3 heteroatoms. The fourth-order valence-electron chi connectivity index (χ4n) is 2.46. The maximum absolute atomic E-state index is 13.8. The van der Waals surface area contributed by atoms with Crippen LogP contribution in [0, 0.1) is 18.6 Å². The first-order valence-electron chi connectivity index (χ1n) is 7.02. The molecule has 0 saturated heterocycles. The summed E-state index contributed by atoms with van der Waals surface area (Å²) in [6.07, 6.45) is 0. The minimum atomic E-state index is -0.902. The molecule has 0 bridgehead atoms. The monoisotopic (exact) mass is 312 g/mol. The molecule has 110 valence electrons. The quantitative estimate of drug-likeness (QED) is 0.641. The van der Waals surface area contributed by atoms with Crippen LogP contribution in [0.2, 0.25) is 0 Å². The van der Waals surface area contributed by atoms with Gasteiger partial charge in [0.15, 0.2) is 11.6 Å². The normalized spacial score (nSPS) is 10.9. The molecule has 3 aromatic rings. The van der Waals surface area contributed by atoms with Gasteiger partial charge in [0.1, 0.15) is 0 Å². The van der Waals surface area contributed by atoms with Crippen molar-refractivity contribution >= 4 is 23.8 Å². The Labute approximate surface area is 130 Å². The van der Waals surface area contributed by atoms with E-state index in [1.807, 2.05) is 67.6 Å². The highest BCUT2D eigenvalue weighted by atomic mass is 31.1. The molecule has 0 heterocycles. The van der Waals surface area contributed by atoms with Crippen LogP contribution in [0.15, 0.2) is 72.8 Å². The number of rotatable bonds is 3. The SMILES string of the molecule is Cc1cc(F)c(F)cc1P(c1ccccc1)c1ccccc1. The van der Waals surface area contributed by atoms with E-state index < -0.39 is 19.6 Å². The van der Waals surface area contributed by atoms with E-state index in [4.69, 9.17) is 0 Å². The van der Waals surface area contributed by atoms with Crippen molar-refractivity contribution in [2.45, 2.75) is 6.92 Å². The van der Waals surface area contributed by atoms with Crippen molar-refractivity contribution in [1.29, 1.82) is 0 Å². The van der Waals surface area contributed by atoms with Gasteiger partial charge in [0, 0.05) is 0 Å².